The largest absolute Gasteiger partial charge is 0.382 e. The van der Waals surface area contributed by atoms with Gasteiger partial charge in [-0.25, -0.2) is 0 Å². The average Bonchev–Trinajstić information content (AvgIpc) is 2.46. The molecule has 20 heavy (non-hydrogen) atoms. The van der Waals surface area contributed by atoms with Crippen LogP contribution in [0.1, 0.15) is 36.7 Å². The van der Waals surface area contributed by atoms with E-state index in [-0.39, 0.29) is 11.9 Å². The van der Waals surface area contributed by atoms with Crippen LogP contribution in [0.15, 0.2) is 12.1 Å². The van der Waals surface area contributed by atoms with Crippen molar-refractivity contribution in [2.75, 3.05) is 25.4 Å². The summed E-state index contributed by atoms with van der Waals surface area (Å²) in [5.41, 5.74) is 5.90. The molecule has 108 valence electrons. The number of hydrogen-bond donors (Lipinski definition) is 1. The predicted molar refractivity (Wildman–Crippen MR) is 76.2 cm³/mol. The number of nitrogens with zero attached hydrogens (tertiary/aromatic N) is 4. The monoisotopic (exact) mass is 275 g/mol. The summed E-state index contributed by atoms with van der Waals surface area (Å²) in [6.45, 7) is 5.02. The first kappa shape index (κ1) is 13.3. The number of anilines is 1. The Kier molecular flexibility index (Phi) is 3.56. The third-order valence-electron chi connectivity index (χ3n) is 4.35. The molecule has 0 aliphatic carbocycles. The van der Waals surface area contributed by atoms with Crippen molar-refractivity contribution >= 4 is 11.7 Å². The number of rotatable bonds is 1. The van der Waals surface area contributed by atoms with Gasteiger partial charge in [-0.1, -0.05) is 6.42 Å². The number of carbonyl (C=O) groups is 1. The van der Waals surface area contributed by atoms with Crippen molar-refractivity contribution in [2.45, 2.75) is 38.3 Å². The Hall–Kier alpha value is -1.69. The maximum absolute atomic E-state index is 12.6. The van der Waals surface area contributed by atoms with Crippen molar-refractivity contribution in [1.82, 2.24) is 20.0 Å². The molecule has 0 radical (unpaired) electrons. The molecule has 0 saturated carbocycles. The molecular weight excluding hydrogens is 254 g/mol. The van der Waals surface area contributed by atoms with Gasteiger partial charge in [-0.3, -0.25) is 9.69 Å². The number of aromatic nitrogens is 2. The summed E-state index contributed by atoms with van der Waals surface area (Å²) in [4.78, 5) is 17.0. The zero-order chi connectivity index (χ0) is 14.1. The number of piperazine rings is 1. The summed E-state index contributed by atoms with van der Waals surface area (Å²) in [5.74, 6) is 0.307. The normalized spacial score (nSPS) is 27.1. The highest BCUT2D eigenvalue weighted by atomic mass is 16.2. The summed E-state index contributed by atoms with van der Waals surface area (Å²) in [6.07, 6.45) is 3.73. The molecule has 1 aromatic heterocycles. The van der Waals surface area contributed by atoms with Crippen LogP contribution < -0.4 is 5.73 Å². The van der Waals surface area contributed by atoms with Crippen LogP contribution in [0.5, 0.6) is 0 Å². The molecule has 0 aromatic carbocycles. The van der Waals surface area contributed by atoms with Crippen LogP contribution >= 0.6 is 0 Å². The first-order valence-corrected chi connectivity index (χ1v) is 7.29. The zero-order valence-electron chi connectivity index (χ0n) is 11.8. The number of nitrogen functional groups attached to an aromatic ring is 1. The standard InChI is InChI=1S/C14H21N5O/c1-10-8-18-7-3-2-4-11(18)9-19(10)14(20)12-5-6-13(15)17-16-12/h5-6,10-11H,2-4,7-9H2,1H3,(H2,15,17). The second kappa shape index (κ2) is 5.36. The lowest BCUT2D eigenvalue weighted by Gasteiger charge is -2.47. The van der Waals surface area contributed by atoms with Gasteiger partial charge >= 0.3 is 0 Å². The molecule has 2 fully saturated rings. The highest BCUT2D eigenvalue weighted by Gasteiger charge is 2.35. The van der Waals surface area contributed by atoms with Crippen LogP contribution in [0.2, 0.25) is 0 Å². The second-order valence-electron chi connectivity index (χ2n) is 5.79. The van der Waals surface area contributed by atoms with E-state index in [0.717, 1.165) is 13.1 Å². The van der Waals surface area contributed by atoms with E-state index in [9.17, 15) is 4.79 Å². The Balaban J connectivity index is 1.75. The minimum absolute atomic E-state index is 0.0322. The quantitative estimate of drug-likeness (QED) is 0.819. The molecule has 6 nitrogen and oxygen atoms in total. The number of nitrogens with two attached hydrogens (primary N) is 1. The van der Waals surface area contributed by atoms with Gasteiger partial charge in [0.05, 0.1) is 0 Å². The molecular formula is C14H21N5O. The molecule has 1 aromatic rings. The number of fused-ring (bicyclic) bond motifs is 1. The van der Waals surface area contributed by atoms with E-state index in [1.165, 1.54) is 25.8 Å². The number of hydrogen-bond acceptors (Lipinski definition) is 5. The Morgan fingerprint density at radius 1 is 1.30 bits per heavy atom. The van der Waals surface area contributed by atoms with E-state index in [1.807, 2.05) is 4.90 Å². The van der Waals surface area contributed by atoms with Crippen molar-refractivity contribution in [3.63, 3.8) is 0 Å². The first-order chi connectivity index (χ1) is 9.65. The van der Waals surface area contributed by atoms with Crippen LogP contribution in [0.3, 0.4) is 0 Å². The Bertz CT molecular complexity index is 489. The zero-order valence-corrected chi connectivity index (χ0v) is 11.8. The van der Waals surface area contributed by atoms with Gasteiger partial charge in [0, 0.05) is 25.2 Å². The molecule has 2 saturated heterocycles. The topological polar surface area (TPSA) is 75.3 Å². The van der Waals surface area contributed by atoms with Gasteiger partial charge < -0.3 is 10.6 Å². The van der Waals surface area contributed by atoms with Crippen LogP contribution in [-0.2, 0) is 0 Å². The predicted octanol–water partition coefficient (Wildman–Crippen LogP) is 0.758. The van der Waals surface area contributed by atoms with Gasteiger partial charge in [-0.05, 0) is 38.4 Å². The molecule has 3 rings (SSSR count). The lowest BCUT2D eigenvalue weighted by molar-refractivity contribution is 0.0147. The molecule has 6 heteroatoms. The molecule has 2 atom stereocenters. The molecule has 3 heterocycles. The lowest BCUT2D eigenvalue weighted by atomic mass is 9.97. The Morgan fingerprint density at radius 2 is 2.15 bits per heavy atom. The first-order valence-electron chi connectivity index (χ1n) is 7.29. The van der Waals surface area contributed by atoms with E-state index in [0.29, 0.717) is 17.6 Å². The smallest absolute Gasteiger partial charge is 0.274 e. The lowest BCUT2D eigenvalue weighted by Crippen LogP contribution is -2.60. The van der Waals surface area contributed by atoms with E-state index in [4.69, 9.17) is 5.73 Å². The fourth-order valence-electron chi connectivity index (χ4n) is 3.24. The summed E-state index contributed by atoms with van der Waals surface area (Å²) in [7, 11) is 0. The minimum atomic E-state index is -0.0322. The average molecular weight is 275 g/mol. The van der Waals surface area contributed by atoms with E-state index >= 15 is 0 Å². The van der Waals surface area contributed by atoms with E-state index in [2.05, 4.69) is 22.0 Å². The van der Waals surface area contributed by atoms with Crippen LogP contribution in [0.25, 0.3) is 0 Å². The fourth-order valence-corrected chi connectivity index (χ4v) is 3.24. The minimum Gasteiger partial charge on any atom is -0.382 e. The summed E-state index contributed by atoms with van der Waals surface area (Å²) < 4.78 is 0. The highest BCUT2D eigenvalue weighted by molar-refractivity contribution is 5.92. The molecule has 1 amide bonds. The fraction of sp³-hybridized carbons (Fsp3) is 0.643. The van der Waals surface area contributed by atoms with Crippen molar-refractivity contribution in [1.29, 1.82) is 0 Å². The van der Waals surface area contributed by atoms with E-state index < -0.39 is 0 Å². The number of carbonyl (C=O) groups excluding carboxylic acids is 1. The third kappa shape index (κ3) is 2.47. The molecule has 0 spiro atoms. The number of piperidine rings is 1. The SMILES string of the molecule is CC1CN2CCCCC2CN1C(=O)c1ccc(N)nn1. The maximum atomic E-state index is 12.6. The van der Waals surface area contributed by atoms with Crippen molar-refractivity contribution in [2.24, 2.45) is 0 Å². The summed E-state index contributed by atoms with van der Waals surface area (Å²) in [5, 5.41) is 7.68. The Labute approximate surface area is 118 Å². The van der Waals surface area contributed by atoms with Gasteiger partial charge in [-0.15, -0.1) is 10.2 Å². The summed E-state index contributed by atoms with van der Waals surface area (Å²) >= 11 is 0. The molecule has 2 unspecified atom stereocenters. The van der Waals surface area contributed by atoms with Gasteiger partial charge in [0.1, 0.15) is 5.82 Å². The highest BCUT2D eigenvalue weighted by Crippen LogP contribution is 2.24. The second-order valence-corrected chi connectivity index (χ2v) is 5.79. The van der Waals surface area contributed by atoms with Gasteiger partial charge in [0.2, 0.25) is 0 Å². The molecule has 0 bridgehead atoms. The molecule has 2 aliphatic rings. The van der Waals surface area contributed by atoms with Gasteiger partial charge in [-0.2, -0.15) is 0 Å². The molecule has 2 aliphatic heterocycles. The van der Waals surface area contributed by atoms with Crippen LogP contribution in [-0.4, -0.2) is 57.6 Å². The Morgan fingerprint density at radius 3 is 2.90 bits per heavy atom. The van der Waals surface area contributed by atoms with Crippen molar-refractivity contribution < 1.29 is 4.79 Å². The van der Waals surface area contributed by atoms with Crippen molar-refractivity contribution in [3.05, 3.63) is 17.8 Å². The maximum Gasteiger partial charge on any atom is 0.274 e. The van der Waals surface area contributed by atoms with Gasteiger partial charge in [0.25, 0.3) is 5.91 Å². The molecule has 2 N–H and O–H groups in total. The van der Waals surface area contributed by atoms with Crippen molar-refractivity contribution in [3.8, 4) is 0 Å². The van der Waals surface area contributed by atoms with Crippen LogP contribution in [0.4, 0.5) is 5.82 Å². The number of amides is 1. The summed E-state index contributed by atoms with van der Waals surface area (Å²) in [6, 6.07) is 4.01. The van der Waals surface area contributed by atoms with Gasteiger partial charge in [0.15, 0.2) is 5.69 Å². The third-order valence-corrected chi connectivity index (χ3v) is 4.35. The van der Waals surface area contributed by atoms with Crippen LogP contribution in [0, 0.1) is 0 Å². The van der Waals surface area contributed by atoms with E-state index in [1.54, 1.807) is 12.1 Å².